The fraction of sp³-hybridized carbons (Fsp3) is 0.278. The van der Waals surface area contributed by atoms with Crippen molar-refractivity contribution in [2.75, 3.05) is 24.2 Å². The molecule has 0 aliphatic heterocycles. The number of halogens is 1. The van der Waals surface area contributed by atoms with E-state index < -0.39 is 15.9 Å². The highest BCUT2D eigenvalue weighted by Crippen LogP contribution is 2.27. The summed E-state index contributed by atoms with van der Waals surface area (Å²) in [5.74, 6) is 0.332. The molecule has 0 saturated carbocycles. The molecule has 2 aromatic rings. The molecule has 0 fully saturated rings. The summed E-state index contributed by atoms with van der Waals surface area (Å²) in [5.41, 5.74) is 1.31. The van der Waals surface area contributed by atoms with E-state index in [0.717, 1.165) is 21.9 Å². The Morgan fingerprint density at radius 2 is 1.81 bits per heavy atom. The number of methoxy groups -OCH3 is 1. The standard InChI is InChI=1S/C18H21BrN2O4S/c1-13(14-8-10-15(25-2)11-9-14)20-18(22)12-21(26(3,23)24)17-7-5-4-6-16(17)19/h4-11,13H,12H2,1-3H3,(H,20,22)/t13-/m0/s1. The zero-order valence-corrected chi connectivity index (χ0v) is 17.2. The quantitative estimate of drug-likeness (QED) is 0.717. The number of benzene rings is 2. The third-order valence-corrected chi connectivity index (χ3v) is 5.60. The summed E-state index contributed by atoms with van der Waals surface area (Å²) in [5, 5.41) is 2.82. The first-order chi connectivity index (χ1) is 12.2. The summed E-state index contributed by atoms with van der Waals surface area (Å²) in [7, 11) is -2.03. The zero-order valence-electron chi connectivity index (χ0n) is 14.8. The number of carbonyl (C=O) groups is 1. The minimum absolute atomic E-state index is 0.269. The van der Waals surface area contributed by atoms with E-state index in [1.165, 1.54) is 0 Å². The molecule has 0 saturated heterocycles. The predicted octanol–water partition coefficient (Wildman–Crippen LogP) is 3.10. The molecule has 1 amide bonds. The summed E-state index contributed by atoms with van der Waals surface area (Å²) >= 11 is 3.33. The van der Waals surface area contributed by atoms with Crippen LogP contribution in [-0.4, -0.2) is 34.2 Å². The molecule has 2 aromatic carbocycles. The molecular weight excluding hydrogens is 420 g/mol. The fourth-order valence-electron chi connectivity index (χ4n) is 2.43. The highest BCUT2D eigenvalue weighted by molar-refractivity contribution is 9.10. The average Bonchev–Trinajstić information content (AvgIpc) is 2.59. The van der Waals surface area contributed by atoms with Gasteiger partial charge in [0.25, 0.3) is 0 Å². The monoisotopic (exact) mass is 440 g/mol. The van der Waals surface area contributed by atoms with Crippen LogP contribution in [0.4, 0.5) is 5.69 Å². The lowest BCUT2D eigenvalue weighted by Crippen LogP contribution is -2.41. The number of hydrogen-bond acceptors (Lipinski definition) is 4. The van der Waals surface area contributed by atoms with Gasteiger partial charge in [0.15, 0.2) is 0 Å². The smallest absolute Gasteiger partial charge is 0.241 e. The number of sulfonamides is 1. The summed E-state index contributed by atoms with van der Waals surface area (Å²) in [6, 6.07) is 13.9. The lowest BCUT2D eigenvalue weighted by Gasteiger charge is -2.24. The molecule has 0 heterocycles. The molecule has 0 aliphatic rings. The Kier molecular flexibility index (Phi) is 6.66. The molecule has 1 atom stereocenters. The molecule has 0 aromatic heterocycles. The van der Waals surface area contributed by atoms with Crippen molar-refractivity contribution < 1.29 is 17.9 Å². The van der Waals surface area contributed by atoms with Crippen molar-refractivity contribution in [3.63, 3.8) is 0 Å². The first-order valence-corrected chi connectivity index (χ1v) is 10.5. The minimum Gasteiger partial charge on any atom is -0.497 e. The van der Waals surface area contributed by atoms with Gasteiger partial charge >= 0.3 is 0 Å². The Balaban J connectivity index is 2.13. The Morgan fingerprint density at radius 1 is 1.19 bits per heavy atom. The van der Waals surface area contributed by atoms with Gasteiger partial charge in [0.1, 0.15) is 12.3 Å². The summed E-state index contributed by atoms with van der Waals surface area (Å²) in [6.07, 6.45) is 1.08. The van der Waals surface area contributed by atoms with Gasteiger partial charge in [-0.3, -0.25) is 9.10 Å². The first kappa shape index (κ1) is 20.3. The van der Waals surface area contributed by atoms with Gasteiger partial charge in [0.2, 0.25) is 15.9 Å². The second kappa shape index (κ2) is 8.55. The van der Waals surface area contributed by atoms with Crippen LogP contribution in [0.2, 0.25) is 0 Å². The van der Waals surface area contributed by atoms with Crippen LogP contribution >= 0.6 is 15.9 Å². The number of rotatable bonds is 7. The van der Waals surface area contributed by atoms with Gasteiger partial charge in [-0.05, 0) is 52.7 Å². The van der Waals surface area contributed by atoms with Crippen LogP contribution in [-0.2, 0) is 14.8 Å². The van der Waals surface area contributed by atoms with Gasteiger partial charge in [-0.25, -0.2) is 8.42 Å². The van der Waals surface area contributed by atoms with Crippen molar-refractivity contribution in [3.8, 4) is 5.75 Å². The van der Waals surface area contributed by atoms with Crippen LogP contribution in [0.15, 0.2) is 53.0 Å². The number of amides is 1. The maximum Gasteiger partial charge on any atom is 0.241 e. The third-order valence-electron chi connectivity index (χ3n) is 3.80. The van der Waals surface area contributed by atoms with E-state index in [1.807, 2.05) is 31.2 Å². The van der Waals surface area contributed by atoms with Gasteiger partial charge in [-0.1, -0.05) is 24.3 Å². The van der Waals surface area contributed by atoms with Crippen molar-refractivity contribution in [2.24, 2.45) is 0 Å². The van der Waals surface area contributed by atoms with Gasteiger partial charge in [0.05, 0.1) is 25.1 Å². The third kappa shape index (κ3) is 5.22. The lowest BCUT2D eigenvalue weighted by atomic mass is 10.1. The first-order valence-electron chi connectivity index (χ1n) is 7.88. The molecular formula is C18H21BrN2O4S. The van der Waals surface area contributed by atoms with Crippen molar-refractivity contribution >= 4 is 37.5 Å². The number of nitrogens with one attached hydrogen (secondary N) is 1. The Bertz CT molecular complexity index is 869. The Morgan fingerprint density at radius 3 is 2.35 bits per heavy atom. The van der Waals surface area contributed by atoms with Gasteiger partial charge < -0.3 is 10.1 Å². The largest absolute Gasteiger partial charge is 0.497 e. The van der Waals surface area contributed by atoms with Crippen LogP contribution in [0.3, 0.4) is 0 Å². The maximum atomic E-state index is 12.4. The Labute approximate surface area is 162 Å². The van der Waals surface area contributed by atoms with Gasteiger partial charge in [-0.15, -0.1) is 0 Å². The molecule has 1 N–H and O–H groups in total. The number of hydrogen-bond donors (Lipinski definition) is 1. The predicted molar refractivity (Wildman–Crippen MR) is 106 cm³/mol. The van der Waals surface area contributed by atoms with E-state index in [-0.39, 0.29) is 12.6 Å². The van der Waals surface area contributed by atoms with E-state index >= 15 is 0 Å². The van der Waals surface area contributed by atoms with E-state index in [2.05, 4.69) is 21.2 Å². The van der Waals surface area contributed by atoms with Crippen LogP contribution in [0.5, 0.6) is 5.75 Å². The number of para-hydroxylation sites is 1. The highest BCUT2D eigenvalue weighted by Gasteiger charge is 2.23. The Hall–Kier alpha value is -2.06. The number of anilines is 1. The molecule has 0 radical (unpaired) electrons. The van der Waals surface area contributed by atoms with Crippen molar-refractivity contribution in [2.45, 2.75) is 13.0 Å². The van der Waals surface area contributed by atoms with Crippen molar-refractivity contribution in [1.29, 1.82) is 0 Å². The molecule has 6 nitrogen and oxygen atoms in total. The molecule has 140 valence electrons. The van der Waals surface area contributed by atoms with E-state index in [4.69, 9.17) is 4.74 Å². The highest BCUT2D eigenvalue weighted by atomic mass is 79.9. The van der Waals surface area contributed by atoms with E-state index in [9.17, 15) is 13.2 Å². The summed E-state index contributed by atoms with van der Waals surface area (Å²) in [6.45, 7) is 1.53. The van der Waals surface area contributed by atoms with E-state index in [1.54, 1.807) is 31.4 Å². The number of ether oxygens (including phenoxy) is 1. The zero-order chi connectivity index (χ0) is 19.3. The SMILES string of the molecule is COc1ccc([C@H](C)NC(=O)CN(c2ccccc2Br)S(C)(=O)=O)cc1. The molecule has 0 bridgehead atoms. The summed E-state index contributed by atoms with van der Waals surface area (Å²) in [4.78, 5) is 12.4. The summed E-state index contributed by atoms with van der Waals surface area (Å²) < 4.78 is 31.1. The van der Waals surface area contributed by atoms with Gasteiger partial charge in [-0.2, -0.15) is 0 Å². The van der Waals surface area contributed by atoms with E-state index in [0.29, 0.717) is 10.2 Å². The molecule has 0 unspecified atom stereocenters. The maximum absolute atomic E-state index is 12.4. The molecule has 0 aliphatic carbocycles. The lowest BCUT2D eigenvalue weighted by molar-refractivity contribution is -0.120. The average molecular weight is 441 g/mol. The van der Waals surface area contributed by atoms with Crippen LogP contribution in [0.1, 0.15) is 18.5 Å². The van der Waals surface area contributed by atoms with Crippen LogP contribution in [0.25, 0.3) is 0 Å². The minimum atomic E-state index is -3.62. The number of nitrogens with zero attached hydrogens (tertiary/aromatic N) is 1. The normalized spacial score (nSPS) is 12.3. The number of carbonyl (C=O) groups excluding carboxylic acids is 1. The van der Waals surface area contributed by atoms with Crippen molar-refractivity contribution in [3.05, 3.63) is 58.6 Å². The molecule has 0 spiro atoms. The fourth-order valence-corrected chi connectivity index (χ4v) is 3.91. The van der Waals surface area contributed by atoms with Crippen LogP contribution < -0.4 is 14.4 Å². The van der Waals surface area contributed by atoms with Gasteiger partial charge in [0, 0.05) is 4.47 Å². The molecule has 26 heavy (non-hydrogen) atoms. The second-order valence-electron chi connectivity index (χ2n) is 5.78. The van der Waals surface area contributed by atoms with Crippen molar-refractivity contribution in [1.82, 2.24) is 5.32 Å². The molecule has 2 rings (SSSR count). The topological polar surface area (TPSA) is 75.7 Å². The molecule has 8 heteroatoms. The second-order valence-corrected chi connectivity index (χ2v) is 8.54. The van der Waals surface area contributed by atoms with Crippen LogP contribution in [0, 0.1) is 0 Å².